The van der Waals surface area contributed by atoms with E-state index in [4.69, 9.17) is 11.6 Å². The molecule has 0 spiro atoms. The molecule has 0 radical (unpaired) electrons. The van der Waals surface area contributed by atoms with Crippen molar-refractivity contribution in [2.24, 2.45) is 0 Å². The maximum Gasteiger partial charge on any atom is 0.292 e. The molecule has 0 saturated carbocycles. The van der Waals surface area contributed by atoms with Crippen molar-refractivity contribution in [1.29, 1.82) is 0 Å². The zero-order chi connectivity index (χ0) is 17.0. The lowest BCUT2D eigenvalue weighted by Gasteiger charge is -2.11. The fourth-order valence-electron chi connectivity index (χ4n) is 2.25. The fraction of sp³-hybridized carbons (Fsp3) is 0.235. The van der Waals surface area contributed by atoms with Gasteiger partial charge in [-0.2, -0.15) is 0 Å². The number of nitro benzene ring substituents is 1. The van der Waals surface area contributed by atoms with Crippen molar-refractivity contribution in [2.45, 2.75) is 26.8 Å². The average Bonchev–Trinajstić information content (AvgIpc) is 2.50. The summed E-state index contributed by atoms with van der Waals surface area (Å²) in [6.07, 6.45) is 0.726. The maximum absolute atomic E-state index is 11.2. The Morgan fingerprint density at radius 2 is 1.96 bits per heavy atom. The minimum atomic E-state index is -0.479. The lowest BCUT2D eigenvalue weighted by Crippen LogP contribution is -2.04. The van der Waals surface area contributed by atoms with Crippen LogP contribution >= 0.6 is 11.6 Å². The molecule has 0 aliphatic heterocycles. The lowest BCUT2D eigenvalue weighted by atomic mass is 10.1. The maximum atomic E-state index is 11.2. The van der Waals surface area contributed by atoms with Crippen LogP contribution in [-0.4, -0.2) is 11.2 Å². The number of aldehydes is 1. The number of benzene rings is 2. The highest BCUT2D eigenvalue weighted by molar-refractivity contribution is 6.32. The first-order valence-electron chi connectivity index (χ1n) is 7.13. The van der Waals surface area contributed by atoms with Gasteiger partial charge in [-0.15, -0.1) is 0 Å². The molecule has 0 fully saturated rings. The molecule has 0 saturated heterocycles. The van der Waals surface area contributed by atoms with Crippen LogP contribution in [0.1, 0.15) is 22.3 Å². The first kappa shape index (κ1) is 17.0. The molecular formula is C17H17ClN2O3. The van der Waals surface area contributed by atoms with E-state index in [-0.39, 0.29) is 12.1 Å². The number of carbonyl (C=O) groups is 1. The second kappa shape index (κ2) is 7.24. The molecule has 0 amide bonds. The minimum Gasteiger partial charge on any atom is -0.375 e. The molecule has 2 aromatic carbocycles. The van der Waals surface area contributed by atoms with E-state index in [2.05, 4.69) is 5.32 Å². The van der Waals surface area contributed by atoms with Crippen LogP contribution < -0.4 is 5.32 Å². The van der Waals surface area contributed by atoms with E-state index < -0.39 is 4.92 Å². The lowest BCUT2D eigenvalue weighted by molar-refractivity contribution is -0.384. The van der Waals surface area contributed by atoms with E-state index >= 15 is 0 Å². The third kappa shape index (κ3) is 4.07. The number of halogens is 1. The molecule has 0 aliphatic rings. The summed E-state index contributed by atoms with van der Waals surface area (Å²) in [6, 6.07) is 8.88. The molecule has 23 heavy (non-hydrogen) atoms. The van der Waals surface area contributed by atoms with Gasteiger partial charge in [-0.25, -0.2) is 0 Å². The summed E-state index contributed by atoms with van der Waals surface area (Å²) in [5, 5.41) is 14.6. The highest BCUT2D eigenvalue weighted by atomic mass is 35.5. The summed E-state index contributed by atoms with van der Waals surface area (Å²) in [5.74, 6) is 0. The summed E-state index contributed by atoms with van der Waals surface area (Å²) >= 11 is 6.09. The van der Waals surface area contributed by atoms with E-state index in [1.54, 1.807) is 0 Å². The molecule has 0 atom stereocenters. The highest BCUT2D eigenvalue weighted by Gasteiger charge is 2.17. The van der Waals surface area contributed by atoms with Crippen LogP contribution in [0.4, 0.5) is 11.4 Å². The summed E-state index contributed by atoms with van der Waals surface area (Å²) in [5.41, 5.74) is 4.09. The second-order valence-corrected chi connectivity index (χ2v) is 5.77. The molecule has 6 heteroatoms. The molecule has 0 unspecified atom stereocenters. The van der Waals surface area contributed by atoms with Crippen molar-refractivity contribution >= 4 is 29.3 Å². The van der Waals surface area contributed by atoms with Crippen LogP contribution in [0.3, 0.4) is 0 Å². The van der Waals surface area contributed by atoms with E-state index in [1.165, 1.54) is 17.7 Å². The van der Waals surface area contributed by atoms with Gasteiger partial charge in [0.05, 0.1) is 4.92 Å². The van der Waals surface area contributed by atoms with Crippen LogP contribution in [0, 0.1) is 24.0 Å². The number of nitro groups is 1. The van der Waals surface area contributed by atoms with Crippen molar-refractivity contribution in [1.82, 2.24) is 0 Å². The molecule has 1 N–H and O–H groups in total. The molecular weight excluding hydrogens is 316 g/mol. The monoisotopic (exact) mass is 332 g/mol. The van der Waals surface area contributed by atoms with Gasteiger partial charge in [-0.05, 0) is 42.2 Å². The Labute approximate surface area is 139 Å². The van der Waals surface area contributed by atoms with Crippen LogP contribution in [0.5, 0.6) is 0 Å². The normalized spacial score (nSPS) is 10.4. The van der Waals surface area contributed by atoms with Gasteiger partial charge in [0, 0.05) is 24.1 Å². The van der Waals surface area contributed by atoms with Crippen LogP contribution in [-0.2, 0) is 17.8 Å². The van der Waals surface area contributed by atoms with Crippen LogP contribution in [0.2, 0.25) is 5.02 Å². The van der Waals surface area contributed by atoms with Gasteiger partial charge in [0.25, 0.3) is 5.69 Å². The number of rotatable bonds is 6. The highest BCUT2D eigenvalue weighted by Crippen LogP contribution is 2.31. The average molecular weight is 333 g/mol. The Morgan fingerprint density at radius 3 is 2.57 bits per heavy atom. The van der Waals surface area contributed by atoms with E-state index in [0.29, 0.717) is 29.1 Å². The SMILES string of the molecule is Cc1ccc(CNc2cc(Cl)c(CC=O)cc2[N+](=O)[O-])cc1C. The van der Waals surface area contributed by atoms with E-state index in [9.17, 15) is 14.9 Å². The van der Waals surface area contributed by atoms with E-state index in [1.807, 2.05) is 32.0 Å². The molecule has 2 aromatic rings. The van der Waals surface area contributed by atoms with Gasteiger partial charge in [-0.1, -0.05) is 29.8 Å². The number of nitrogens with one attached hydrogen (secondary N) is 1. The van der Waals surface area contributed by atoms with Gasteiger partial charge in [0.1, 0.15) is 12.0 Å². The standard InChI is InChI=1S/C17H17ClN2O3/c1-11-3-4-13(7-12(11)2)10-19-16-9-15(18)14(5-6-21)8-17(16)20(22)23/h3-4,6-9,19H,5,10H2,1-2H3. The van der Waals surface area contributed by atoms with Crippen molar-refractivity contribution in [3.8, 4) is 0 Å². The second-order valence-electron chi connectivity index (χ2n) is 5.36. The van der Waals surface area contributed by atoms with Crippen molar-refractivity contribution in [3.63, 3.8) is 0 Å². The van der Waals surface area contributed by atoms with Gasteiger partial charge >= 0.3 is 0 Å². The summed E-state index contributed by atoms with van der Waals surface area (Å²) in [4.78, 5) is 21.4. The number of aryl methyl sites for hydroxylation is 2. The zero-order valence-corrected chi connectivity index (χ0v) is 13.7. The Bertz CT molecular complexity index is 760. The first-order valence-corrected chi connectivity index (χ1v) is 7.50. The molecule has 0 bridgehead atoms. The summed E-state index contributed by atoms with van der Waals surface area (Å²) < 4.78 is 0. The predicted octanol–water partition coefficient (Wildman–Crippen LogP) is 4.22. The van der Waals surface area contributed by atoms with Gasteiger partial charge < -0.3 is 10.1 Å². The summed E-state index contributed by atoms with van der Waals surface area (Å²) in [6.45, 7) is 4.50. The molecule has 120 valence electrons. The van der Waals surface area contributed by atoms with E-state index in [0.717, 1.165) is 11.1 Å². The third-order valence-electron chi connectivity index (χ3n) is 3.72. The first-order chi connectivity index (χ1) is 10.9. The topological polar surface area (TPSA) is 72.2 Å². The smallest absolute Gasteiger partial charge is 0.292 e. The van der Waals surface area contributed by atoms with Crippen molar-refractivity contribution in [3.05, 3.63) is 67.7 Å². The minimum absolute atomic E-state index is 0.0527. The zero-order valence-electron chi connectivity index (χ0n) is 12.9. The Kier molecular flexibility index (Phi) is 5.34. The quantitative estimate of drug-likeness (QED) is 0.488. The molecule has 2 rings (SSSR count). The largest absolute Gasteiger partial charge is 0.375 e. The van der Waals surface area contributed by atoms with Gasteiger partial charge in [-0.3, -0.25) is 10.1 Å². The Morgan fingerprint density at radius 1 is 1.22 bits per heavy atom. The molecule has 0 heterocycles. The number of hydrogen-bond acceptors (Lipinski definition) is 4. The molecule has 5 nitrogen and oxygen atoms in total. The van der Waals surface area contributed by atoms with Gasteiger partial charge in [0.2, 0.25) is 0 Å². The Hall–Kier alpha value is -2.40. The Balaban J connectivity index is 2.27. The number of hydrogen-bond donors (Lipinski definition) is 1. The van der Waals surface area contributed by atoms with Crippen LogP contribution in [0.15, 0.2) is 30.3 Å². The number of nitrogens with zero attached hydrogens (tertiary/aromatic N) is 1. The molecule has 0 aliphatic carbocycles. The molecule has 0 aromatic heterocycles. The van der Waals surface area contributed by atoms with Crippen molar-refractivity contribution in [2.75, 3.05) is 5.32 Å². The van der Waals surface area contributed by atoms with Crippen molar-refractivity contribution < 1.29 is 9.72 Å². The summed E-state index contributed by atoms with van der Waals surface area (Å²) in [7, 11) is 0. The third-order valence-corrected chi connectivity index (χ3v) is 4.07. The number of anilines is 1. The van der Waals surface area contributed by atoms with Gasteiger partial charge in [0.15, 0.2) is 0 Å². The fourth-order valence-corrected chi connectivity index (χ4v) is 2.50. The predicted molar refractivity (Wildman–Crippen MR) is 91.1 cm³/mol. The van der Waals surface area contributed by atoms with Crippen LogP contribution in [0.25, 0.3) is 0 Å². The number of carbonyl (C=O) groups excluding carboxylic acids is 1.